The minimum absolute atomic E-state index is 0.0178. The van der Waals surface area contributed by atoms with E-state index < -0.39 is 0 Å². The Hall–Kier alpha value is -3.09. The van der Waals surface area contributed by atoms with Crippen LogP contribution < -0.4 is 0 Å². The summed E-state index contributed by atoms with van der Waals surface area (Å²) in [5, 5.41) is 11.5. The summed E-state index contributed by atoms with van der Waals surface area (Å²) < 4.78 is 1.62. The van der Waals surface area contributed by atoms with Crippen molar-refractivity contribution in [2.75, 3.05) is 0 Å². The summed E-state index contributed by atoms with van der Waals surface area (Å²) >= 11 is 0. The predicted octanol–water partition coefficient (Wildman–Crippen LogP) is 2.81. The van der Waals surface area contributed by atoms with Crippen LogP contribution in [0.1, 0.15) is 42.0 Å². The van der Waals surface area contributed by atoms with Crippen LogP contribution in [-0.2, 0) is 6.54 Å². The van der Waals surface area contributed by atoms with Gasteiger partial charge in [0.2, 0.25) is 0 Å². The van der Waals surface area contributed by atoms with E-state index >= 15 is 0 Å². The second-order valence-corrected chi connectivity index (χ2v) is 6.24. The Morgan fingerprint density at radius 2 is 2.12 bits per heavy atom. The van der Waals surface area contributed by atoms with Crippen LogP contribution >= 0.6 is 0 Å². The van der Waals surface area contributed by atoms with Crippen LogP contribution in [0.15, 0.2) is 48.8 Å². The van der Waals surface area contributed by atoms with Gasteiger partial charge in [0.1, 0.15) is 0 Å². The monoisotopic (exact) mass is 350 g/mol. The molecule has 0 aliphatic carbocycles. The van der Waals surface area contributed by atoms with E-state index in [0.717, 1.165) is 17.7 Å². The van der Waals surface area contributed by atoms with Crippen molar-refractivity contribution < 1.29 is 4.79 Å². The van der Waals surface area contributed by atoms with E-state index in [-0.39, 0.29) is 11.9 Å². The van der Waals surface area contributed by atoms with Gasteiger partial charge in [0.05, 0.1) is 5.69 Å². The number of benzene rings is 1. The first-order valence-electron chi connectivity index (χ1n) is 8.65. The summed E-state index contributed by atoms with van der Waals surface area (Å²) in [6.07, 6.45) is 4.40. The van der Waals surface area contributed by atoms with Crippen molar-refractivity contribution >= 4 is 5.91 Å². The van der Waals surface area contributed by atoms with E-state index in [9.17, 15) is 4.79 Å². The Bertz CT molecular complexity index is 877. The molecule has 0 N–H and O–H groups in total. The molecule has 0 aliphatic rings. The Morgan fingerprint density at radius 3 is 2.77 bits per heavy atom. The Morgan fingerprint density at radius 1 is 1.27 bits per heavy atom. The lowest BCUT2D eigenvalue weighted by Crippen LogP contribution is -2.37. The van der Waals surface area contributed by atoms with E-state index in [0.29, 0.717) is 17.9 Å². The van der Waals surface area contributed by atoms with E-state index in [1.165, 1.54) is 0 Å². The molecular weight excluding hydrogens is 328 g/mol. The number of amides is 1. The lowest BCUT2D eigenvalue weighted by atomic mass is 10.1. The largest absolute Gasteiger partial charge is 0.332 e. The van der Waals surface area contributed by atoms with Crippen LogP contribution in [0.2, 0.25) is 0 Å². The van der Waals surface area contributed by atoms with Crippen LogP contribution in [0.4, 0.5) is 0 Å². The van der Waals surface area contributed by atoms with Crippen LogP contribution in [0.5, 0.6) is 0 Å². The van der Waals surface area contributed by atoms with Crippen molar-refractivity contribution in [3.8, 4) is 5.69 Å². The molecule has 1 aromatic carbocycles. The molecule has 1 atom stereocenters. The highest BCUT2D eigenvalue weighted by molar-refractivity contribution is 5.95. The molecule has 0 bridgehead atoms. The van der Waals surface area contributed by atoms with Gasteiger partial charge in [-0.15, -0.1) is 5.10 Å². The maximum atomic E-state index is 13.2. The third-order valence-electron chi connectivity index (χ3n) is 4.42. The van der Waals surface area contributed by atoms with Gasteiger partial charge in [-0.3, -0.25) is 9.78 Å². The molecule has 0 aliphatic heterocycles. The second-order valence-electron chi connectivity index (χ2n) is 6.24. The Balaban J connectivity index is 1.90. The molecule has 26 heavy (non-hydrogen) atoms. The second kappa shape index (κ2) is 7.86. The van der Waals surface area contributed by atoms with Crippen LogP contribution in [-0.4, -0.2) is 42.0 Å². The number of hydrogen-bond donors (Lipinski definition) is 0. The zero-order valence-corrected chi connectivity index (χ0v) is 15.2. The molecule has 0 fully saturated rings. The Labute approximate surface area is 152 Å². The standard InChI is InChI=1S/C19H22N6O/c1-4-14(2)24(13-16-7-6-10-20-12-16)19(26)17-8-5-9-18(11-17)25-15(3)21-22-23-25/h5-12,14H,4,13H2,1-3H3. The zero-order valence-electron chi connectivity index (χ0n) is 15.2. The molecule has 3 aromatic rings. The van der Waals surface area contributed by atoms with Gasteiger partial charge in [-0.25, -0.2) is 0 Å². The lowest BCUT2D eigenvalue weighted by molar-refractivity contribution is 0.0671. The Kier molecular flexibility index (Phi) is 5.36. The number of tetrazole rings is 1. The van der Waals surface area contributed by atoms with E-state index in [4.69, 9.17) is 0 Å². The number of aromatic nitrogens is 5. The van der Waals surface area contributed by atoms with Gasteiger partial charge in [-0.05, 0) is 60.5 Å². The van der Waals surface area contributed by atoms with Gasteiger partial charge < -0.3 is 4.90 Å². The number of pyridine rings is 1. The molecular formula is C19H22N6O. The molecule has 134 valence electrons. The first kappa shape index (κ1) is 17.7. The van der Waals surface area contributed by atoms with Crippen molar-refractivity contribution in [3.05, 3.63) is 65.7 Å². The number of carbonyl (C=O) groups excluding carboxylic acids is 1. The van der Waals surface area contributed by atoms with Crippen molar-refractivity contribution in [1.82, 2.24) is 30.1 Å². The van der Waals surface area contributed by atoms with E-state index in [1.807, 2.05) is 48.2 Å². The van der Waals surface area contributed by atoms with E-state index in [2.05, 4.69) is 34.4 Å². The summed E-state index contributed by atoms with van der Waals surface area (Å²) in [6.45, 7) is 6.48. The number of carbonyl (C=O) groups is 1. The van der Waals surface area contributed by atoms with Gasteiger partial charge >= 0.3 is 0 Å². The fraction of sp³-hybridized carbons (Fsp3) is 0.316. The fourth-order valence-electron chi connectivity index (χ4n) is 2.74. The fourth-order valence-corrected chi connectivity index (χ4v) is 2.74. The molecule has 0 spiro atoms. The topological polar surface area (TPSA) is 76.8 Å². The first-order chi connectivity index (χ1) is 12.6. The van der Waals surface area contributed by atoms with Gasteiger partial charge in [-0.2, -0.15) is 4.68 Å². The average Bonchev–Trinajstić information content (AvgIpc) is 3.12. The van der Waals surface area contributed by atoms with Gasteiger partial charge in [0.15, 0.2) is 5.82 Å². The summed E-state index contributed by atoms with van der Waals surface area (Å²) in [5.41, 5.74) is 2.39. The third-order valence-corrected chi connectivity index (χ3v) is 4.42. The zero-order chi connectivity index (χ0) is 18.5. The summed E-state index contributed by atoms with van der Waals surface area (Å²) in [6, 6.07) is 11.4. The molecule has 7 nitrogen and oxygen atoms in total. The van der Waals surface area contributed by atoms with Crippen LogP contribution in [0, 0.1) is 6.92 Å². The average molecular weight is 350 g/mol. The van der Waals surface area contributed by atoms with Gasteiger partial charge in [0.25, 0.3) is 5.91 Å². The maximum absolute atomic E-state index is 13.2. The molecule has 2 heterocycles. The molecule has 1 unspecified atom stereocenters. The van der Waals surface area contributed by atoms with E-state index in [1.54, 1.807) is 17.1 Å². The molecule has 1 amide bonds. The molecule has 0 saturated carbocycles. The van der Waals surface area contributed by atoms with Crippen molar-refractivity contribution in [1.29, 1.82) is 0 Å². The smallest absolute Gasteiger partial charge is 0.254 e. The van der Waals surface area contributed by atoms with Crippen molar-refractivity contribution in [2.45, 2.75) is 39.8 Å². The number of aryl methyl sites for hydroxylation is 1. The highest BCUT2D eigenvalue weighted by atomic mass is 16.2. The minimum atomic E-state index is -0.0178. The highest BCUT2D eigenvalue weighted by Crippen LogP contribution is 2.17. The number of nitrogens with zero attached hydrogens (tertiary/aromatic N) is 6. The lowest BCUT2D eigenvalue weighted by Gasteiger charge is -2.29. The van der Waals surface area contributed by atoms with Crippen molar-refractivity contribution in [2.24, 2.45) is 0 Å². The molecule has 0 saturated heterocycles. The van der Waals surface area contributed by atoms with Crippen LogP contribution in [0.3, 0.4) is 0 Å². The summed E-state index contributed by atoms with van der Waals surface area (Å²) in [7, 11) is 0. The normalized spacial score (nSPS) is 12.0. The quantitative estimate of drug-likeness (QED) is 0.683. The van der Waals surface area contributed by atoms with Crippen molar-refractivity contribution in [3.63, 3.8) is 0 Å². The summed E-state index contributed by atoms with van der Waals surface area (Å²) in [4.78, 5) is 19.2. The number of hydrogen-bond acceptors (Lipinski definition) is 5. The summed E-state index contributed by atoms with van der Waals surface area (Å²) in [5.74, 6) is 0.652. The van der Waals surface area contributed by atoms with Gasteiger partial charge in [0, 0.05) is 30.5 Å². The van der Waals surface area contributed by atoms with Crippen LogP contribution in [0.25, 0.3) is 5.69 Å². The third kappa shape index (κ3) is 3.77. The number of rotatable bonds is 6. The highest BCUT2D eigenvalue weighted by Gasteiger charge is 2.21. The molecule has 0 radical (unpaired) electrons. The minimum Gasteiger partial charge on any atom is -0.332 e. The molecule has 2 aromatic heterocycles. The first-order valence-corrected chi connectivity index (χ1v) is 8.65. The maximum Gasteiger partial charge on any atom is 0.254 e. The van der Waals surface area contributed by atoms with Gasteiger partial charge in [-0.1, -0.05) is 19.1 Å². The molecule has 3 rings (SSSR count). The molecule has 7 heteroatoms. The predicted molar refractivity (Wildman–Crippen MR) is 97.8 cm³/mol. The SMILES string of the molecule is CCC(C)N(Cc1cccnc1)C(=O)c1cccc(-n2nnnc2C)c1.